The molecule has 3 heteroatoms. The van der Waals surface area contributed by atoms with Crippen LogP contribution in [-0.4, -0.2) is 10.1 Å². The van der Waals surface area contributed by atoms with Gasteiger partial charge in [0.1, 0.15) is 0 Å². The van der Waals surface area contributed by atoms with E-state index in [-0.39, 0.29) is 10.1 Å². The first kappa shape index (κ1) is 9.44. The molecule has 2 atom stereocenters. The number of carbonyl (C=O) groups is 1. The summed E-state index contributed by atoms with van der Waals surface area (Å²) in [7, 11) is 0. The van der Waals surface area contributed by atoms with Gasteiger partial charge in [-0.1, -0.05) is 36.2 Å². The fourth-order valence-electron chi connectivity index (χ4n) is 0.431. The van der Waals surface area contributed by atoms with E-state index in [1.807, 2.05) is 13.8 Å². The Labute approximate surface area is 68.9 Å². The van der Waals surface area contributed by atoms with Crippen LogP contribution in [0.2, 0.25) is 0 Å². The summed E-state index contributed by atoms with van der Waals surface area (Å²) in [6, 6.07) is 0. The van der Waals surface area contributed by atoms with Crippen LogP contribution in [0.25, 0.3) is 0 Å². The van der Waals surface area contributed by atoms with E-state index in [4.69, 9.17) is 11.6 Å². The predicted octanol–water partition coefficient (Wildman–Crippen LogP) is 2.56. The zero-order valence-corrected chi connectivity index (χ0v) is 7.87. The van der Waals surface area contributed by atoms with Crippen molar-refractivity contribution >= 4 is 32.8 Å². The molecule has 54 valence electrons. The highest BCUT2D eigenvalue weighted by Crippen LogP contribution is 2.17. The average Bonchev–Trinajstić information content (AvgIpc) is 1.84. The second kappa shape index (κ2) is 4.29. The van der Waals surface area contributed by atoms with Crippen LogP contribution in [0.1, 0.15) is 20.3 Å². The Balaban J connectivity index is 3.72. The lowest BCUT2D eigenvalue weighted by molar-refractivity contribution is -0.111. The minimum Gasteiger partial charge on any atom is -0.280 e. The van der Waals surface area contributed by atoms with Crippen molar-refractivity contribution in [2.45, 2.75) is 25.1 Å². The quantitative estimate of drug-likeness (QED) is 0.520. The Morgan fingerprint density at radius 2 is 2.22 bits per heavy atom. The molecule has 1 nitrogen and oxygen atoms in total. The van der Waals surface area contributed by atoms with Gasteiger partial charge in [0.2, 0.25) is 5.24 Å². The molecular formula is C6H10BrClO. The number of alkyl halides is 1. The van der Waals surface area contributed by atoms with Gasteiger partial charge in [0, 0.05) is 0 Å². The van der Waals surface area contributed by atoms with Gasteiger partial charge in [-0.05, 0) is 17.5 Å². The van der Waals surface area contributed by atoms with Crippen molar-refractivity contribution in [3.63, 3.8) is 0 Å². The molecule has 0 heterocycles. The lowest BCUT2D eigenvalue weighted by Gasteiger charge is -2.10. The summed E-state index contributed by atoms with van der Waals surface area (Å²) in [5, 5.41) is -0.302. The van der Waals surface area contributed by atoms with Crippen molar-refractivity contribution < 1.29 is 4.79 Å². The molecule has 0 spiro atoms. The number of carbonyl (C=O) groups excluding carboxylic acids is 1. The molecule has 9 heavy (non-hydrogen) atoms. The normalized spacial score (nSPS) is 16.9. The van der Waals surface area contributed by atoms with Crippen LogP contribution in [-0.2, 0) is 4.79 Å². The van der Waals surface area contributed by atoms with E-state index in [1.54, 1.807) is 0 Å². The molecule has 0 saturated heterocycles. The Kier molecular flexibility index (Phi) is 4.50. The third-order valence-corrected chi connectivity index (χ3v) is 3.18. The Hall–Kier alpha value is 0.440. The smallest absolute Gasteiger partial charge is 0.235 e. The van der Waals surface area contributed by atoms with Crippen LogP contribution in [0.4, 0.5) is 0 Å². The molecular weight excluding hydrogens is 203 g/mol. The first-order valence-electron chi connectivity index (χ1n) is 2.93. The van der Waals surface area contributed by atoms with Gasteiger partial charge in [-0.25, -0.2) is 0 Å². The minimum absolute atomic E-state index is 0.177. The highest BCUT2D eigenvalue weighted by Gasteiger charge is 2.17. The maximum absolute atomic E-state index is 10.5. The van der Waals surface area contributed by atoms with Gasteiger partial charge in [0.05, 0.1) is 4.83 Å². The molecule has 0 aromatic heterocycles. The standard InChI is InChI=1S/C6H10BrClO/c1-3-4(2)5(7)6(8)9/h4-5H,3H2,1-2H3. The number of hydrogen-bond acceptors (Lipinski definition) is 1. The van der Waals surface area contributed by atoms with Gasteiger partial charge in [0.15, 0.2) is 0 Å². The number of hydrogen-bond donors (Lipinski definition) is 0. The van der Waals surface area contributed by atoms with Gasteiger partial charge in [-0.2, -0.15) is 0 Å². The zero-order chi connectivity index (χ0) is 7.44. The molecule has 0 aliphatic heterocycles. The van der Waals surface area contributed by atoms with Crippen molar-refractivity contribution in [1.82, 2.24) is 0 Å². The summed E-state index contributed by atoms with van der Waals surface area (Å²) >= 11 is 8.40. The summed E-state index contributed by atoms with van der Waals surface area (Å²) in [5.74, 6) is 0.329. The molecule has 0 N–H and O–H groups in total. The summed E-state index contributed by atoms with van der Waals surface area (Å²) in [4.78, 5) is 10.3. The predicted molar refractivity (Wildman–Crippen MR) is 43.0 cm³/mol. The molecule has 0 bridgehead atoms. The molecule has 0 aliphatic rings. The van der Waals surface area contributed by atoms with Crippen molar-refractivity contribution in [2.75, 3.05) is 0 Å². The van der Waals surface area contributed by atoms with Crippen LogP contribution in [0.5, 0.6) is 0 Å². The summed E-state index contributed by atoms with van der Waals surface area (Å²) in [5.41, 5.74) is 0. The second-order valence-electron chi connectivity index (χ2n) is 2.09. The van der Waals surface area contributed by atoms with Crippen LogP contribution < -0.4 is 0 Å². The zero-order valence-electron chi connectivity index (χ0n) is 5.53. The first-order chi connectivity index (χ1) is 4.09. The molecule has 0 aliphatic carbocycles. The highest BCUT2D eigenvalue weighted by molar-refractivity contribution is 9.10. The molecule has 2 unspecified atom stereocenters. The van der Waals surface area contributed by atoms with Crippen LogP contribution in [0.3, 0.4) is 0 Å². The maximum atomic E-state index is 10.5. The molecule has 0 rings (SSSR count). The topological polar surface area (TPSA) is 17.1 Å². The first-order valence-corrected chi connectivity index (χ1v) is 4.22. The fourth-order valence-corrected chi connectivity index (χ4v) is 1.02. The van der Waals surface area contributed by atoms with Crippen molar-refractivity contribution in [3.8, 4) is 0 Å². The fraction of sp³-hybridized carbons (Fsp3) is 0.833. The van der Waals surface area contributed by atoms with Gasteiger partial charge >= 0.3 is 0 Å². The Morgan fingerprint density at radius 3 is 2.33 bits per heavy atom. The summed E-state index contributed by atoms with van der Waals surface area (Å²) < 4.78 is 0. The van der Waals surface area contributed by atoms with E-state index in [2.05, 4.69) is 15.9 Å². The van der Waals surface area contributed by atoms with Crippen LogP contribution in [0.15, 0.2) is 0 Å². The lowest BCUT2D eigenvalue weighted by atomic mass is 10.1. The molecule has 0 aromatic carbocycles. The Morgan fingerprint density at radius 1 is 1.78 bits per heavy atom. The van der Waals surface area contributed by atoms with E-state index < -0.39 is 0 Å². The van der Waals surface area contributed by atoms with Crippen molar-refractivity contribution in [3.05, 3.63) is 0 Å². The molecule has 0 amide bonds. The molecule has 0 fully saturated rings. The van der Waals surface area contributed by atoms with E-state index in [1.165, 1.54) is 0 Å². The summed E-state index contributed by atoms with van der Waals surface area (Å²) in [6.45, 7) is 4.01. The summed E-state index contributed by atoms with van der Waals surface area (Å²) in [6.07, 6.45) is 0.967. The highest BCUT2D eigenvalue weighted by atomic mass is 79.9. The van der Waals surface area contributed by atoms with Crippen molar-refractivity contribution in [2.24, 2.45) is 5.92 Å². The monoisotopic (exact) mass is 212 g/mol. The lowest BCUT2D eigenvalue weighted by Crippen LogP contribution is -2.16. The van der Waals surface area contributed by atoms with Gasteiger partial charge in [0.25, 0.3) is 0 Å². The average molecular weight is 214 g/mol. The van der Waals surface area contributed by atoms with E-state index in [0.29, 0.717) is 5.92 Å². The third-order valence-electron chi connectivity index (χ3n) is 1.36. The van der Waals surface area contributed by atoms with E-state index in [9.17, 15) is 4.79 Å². The third kappa shape index (κ3) is 3.21. The van der Waals surface area contributed by atoms with Gasteiger partial charge in [-0.3, -0.25) is 4.79 Å². The van der Waals surface area contributed by atoms with E-state index >= 15 is 0 Å². The molecule has 0 aromatic rings. The van der Waals surface area contributed by atoms with Crippen molar-refractivity contribution in [1.29, 1.82) is 0 Å². The largest absolute Gasteiger partial charge is 0.280 e. The number of rotatable bonds is 3. The Bertz CT molecular complexity index is 105. The number of halogens is 2. The second-order valence-corrected chi connectivity index (χ2v) is 3.45. The van der Waals surface area contributed by atoms with Crippen LogP contribution >= 0.6 is 27.5 Å². The minimum atomic E-state index is -0.302. The maximum Gasteiger partial charge on any atom is 0.235 e. The molecule has 0 saturated carbocycles. The van der Waals surface area contributed by atoms with Crippen LogP contribution in [0, 0.1) is 5.92 Å². The van der Waals surface area contributed by atoms with Gasteiger partial charge < -0.3 is 0 Å². The SMILES string of the molecule is CCC(C)C(Br)C(=O)Cl. The molecule has 0 radical (unpaired) electrons. The van der Waals surface area contributed by atoms with Gasteiger partial charge in [-0.15, -0.1) is 0 Å². The van der Waals surface area contributed by atoms with E-state index in [0.717, 1.165) is 6.42 Å².